The Bertz CT molecular complexity index is 332. The van der Waals surface area contributed by atoms with Crippen LogP contribution in [-0.2, 0) is 18.4 Å². The molecule has 1 N–H and O–H groups in total. The van der Waals surface area contributed by atoms with Gasteiger partial charge in [0.05, 0.1) is 6.61 Å². The molecule has 0 saturated heterocycles. The Kier molecular flexibility index (Phi) is 2.95. The highest BCUT2D eigenvalue weighted by molar-refractivity contribution is 6.30. The van der Waals surface area contributed by atoms with E-state index in [4.69, 9.17) is 21.4 Å². The first kappa shape index (κ1) is 10.1. The Morgan fingerprint density at radius 3 is 2.77 bits per heavy atom. The summed E-state index contributed by atoms with van der Waals surface area (Å²) < 4.78 is 6.28. The molecule has 13 heavy (non-hydrogen) atoms. The van der Waals surface area contributed by atoms with Crippen molar-refractivity contribution in [1.82, 2.24) is 4.57 Å². The van der Waals surface area contributed by atoms with Gasteiger partial charge in [-0.25, -0.2) is 4.79 Å². The number of aromatic nitrogens is 1. The Morgan fingerprint density at radius 1 is 1.77 bits per heavy atom. The zero-order valence-electron chi connectivity index (χ0n) is 7.37. The van der Waals surface area contributed by atoms with Gasteiger partial charge in [0.25, 0.3) is 0 Å². The lowest BCUT2D eigenvalue weighted by molar-refractivity contribution is 0.0686. The maximum atomic E-state index is 10.7. The van der Waals surface area contributed by atoms with E-state index in [1.54, 1.807) is 7.05 Å². The molecule has 1 aromatic rings. The van der Waals surface area contributed by atoms with Crippen LogP contribution in [0.1, 0.15) is 16.1 Å². The quantitative estimate of drug-likeness (QED) is 0.811. The van der Waals surface area contributed by atoms with Crippen LogP contribution in [-0.4, -0.2) is 22.8 Å². The molecule has 0 amide bonds. The van der Waals surface area contributed by atoms with Gasteiger partial charge >= 0.3 is 5.97 Å². The molecule has 4 nitrogen and oxygen atoms in total. The van der Waals surface area contributed by atoms with Crippen LogP contribution >= 0.6 is 11.6 Å². The highest BCUT2D eigenvalue weighted by Crippen LogP contribution is 2.20. The predicted molar refractivity (Wildman–Crippen MR) is 48.1 cm³/mol. The number of hydrogen-bond acceptors (Lipinski definition) is 2. The van der Waals surface area contributed by atoms with Crippen molar-refractivity contribution in [3.63, 3.8) is 0 Å². The lowest BCUT2D eigenvalue weighted by Crippen LogP contribution is -2.03. The third-order valence-corrected chi connectivity index (χ3v) is 2.25. The van der Waals surface area contributed by atoms with Gasteiger partial charge in [-0.1, -0.05) is 11.6 Å². The van der Waals surface area contributed by atoms with Gasteiger partial charge in [0.2, 0.25) is 0 Å². The number of rotatable bonds is 3. The summed E-state index contributed by atoms with van der Waals surface area (Å²) in [5, 5.41) is 9.15. The molecule has 1 heterocycles. The first-order valence-corrected chi connectivity index (χ1v) is 4.02. The maximum absolute atomic E-state index is 10.7. The maximum Gasteiger partial charge on any atom is 0.352 e. The third-order valence-electron chi connectivity index (χ3n) is 1.75. The fourth-order valence-electron chi connectivity index (χ4n) is 1.10. The van der Waals surface area contributed by atoms with Crippen molar-refractivity contribution in [2.75, 3.05) is 7.11 Å². The molecule has 0 atom stereocenters. The summed E-state index contributed by atoms with van der Waals surface area (Å²) in [7, 11) is 3.13. The molecule has 72 valence electrons. The Morgan fingerprint density at radius 2 is 2.38 bits per heavy atom. The molecule has 0 unspecified atom stereocenters. The minimum Gasteiger partial charge on any atom is -0.477 e. The summed E-state index contributed by atoms with van der Waals surface area (Å²) in [6.45, 7) is 0.319. The second-order valence-electron chi connectivity index (χ2n) is 2.64. The molecule has 0 aliphatic carbocycles. The summed E-state index contributed by atoms with van der Waals surface area (Å²) in [4.78, 5) is 10.7. The molecular formula is C8H10ClNO3. The van der Waals surface area contributed by atoms with Gasteiger partial charge in [-0.3, -0.25) is 0 Å². The summed E-state index contributed by atoms with van der Waals surface area (Å²) in [6, 6.07) is 1.51. The Hall–Kier alpha value is -1.00. The summed E-state index contributed by atoms with van der Waals surface area (Å²) in [6.07, 6.45) is 0. The molecule has 0 saturated carbocycles. The highest BCUT2D eigenvalue weighted by atomic mass is 35.5. The van der Waals surface area contributed by atoms with E-state index in [9.17, 15) is 4.79 Å². The fourth-order valence-corrected chi connectivity index (χ4v) is 1.30. The predicted octanol–water partition coefficient (Wildman–Crippen LogP) is 1.52. The van der Waals surface area contributed by atoms with Crippen LogP contribution in [0.15, 0.2) is 6.07 Å². The molecule has 0 aromatic carbocycles. The lowest BCUT2D eigenvalue weighted by atomic mass is 10.3. The number of carboxylic acids is 1. The van der Waals surface area contributed by atoms with Crippen molar-refractivity contribution in [1.29, 1.82) is 0 Å². The number of methoxy groups -OCH3 is 1. The molecule has 0 aliphatic heterocycles. The van der Waals surface area contributed by atoms with E-state index in [1.807, 2.05) is 0 Å². The van der Waals surface area contributed by atoms with Crippen molar-refractivity contribution >= 4 is 17.6 Å². The second kappa shape index (κ2) is 3.81. The van der Waals surface area contributed by atoms with Gasteiger partial charge in [0.1, 0.15) is 10.8 Å². The Balaban J connectivity index is 3.12. The van der Waals surface area contributed by atoms with Crippen LogP contribution in [0.5, 0.6) is 0 Å². The average Bonchev–Trinajstić information content (AvgIpc) is 2.33. The first-order chi connectivity index (χ1) is 6.07. The number of hydrogen-bond donors (Lipinski definition) is 1. The standard InChI is InChI=1S/C8H10ClNO3/c1-10-6(8(11)12)3-5(4-13-2)7(10)9/h3H,4H2,1-2H3,(H,11,12). The van der Waals surface area contributed by atoms with Gasteiger partial charge in [0, 0.05) is 19.7 Å². The molecule has 0 aliphatic rings. The van der Waals surface area contributed by atoms with Crippen molar-refractivity contribution in [2.45, 2.75) is 6.61 Å². The van der Waals surface area contributed by atoms with E-state index < -0.39 is 5.97 Å². The van der Waals surface area contributed by atoms with Crippen molar-refractivity contribution in [2.24, 2.45) is 7.05 Å². The van der Waals surface area contributed by atoms with Gasteiger partial charge in [-0.2, -0.15) is 0 Å². The number of nitrogens with zero attached hydrogens (tertiary/aromatic N) is 1. The lowest BCUT2D eigenvalue weighted by Gasteiger charge is -1.98. The van der Waals surface area contributed by atoms with E-state index in [1.165, 1.54) is 17.7 Å². The minimum atomic E-state index is -0.994. The van der Waals surface area contributed by atoms with Crippen molar-refractivity contribution in [3.8, 4) is 0 Å². The number of aromatic carboxylic acids is 1. The topological polar surface area (TPSA) is 51.5 Å². The van der Waals surface area contributed by atoms with Gasteiger partial charge < -0.3 is 14.4 Å². The van der Waals surface area contributed by atoms with Gasteiger partial charge in [-0.15, -0.1) is 0 Å². The van der Waals surface area contributed by atoms with E-state index in [2.05, 4.69) is 0 Å². The third kappa shape index (κ3) is 1.84. The zero-order chi connectivity index (χ0) is 10.0. The fraction of sp³-hybridized carbons (Fsp3) is 0.375. The van der Waals surface area contributed by atoms with E-state index in [-0.39, 0.29) is 5.69 Å². The smallest absolute Gasteiger partial charge is 0.352 e. The largest absolute Gasteiger partial charge is 0.477 e. The number of halogens is 1. The first-order valence-electron chi connectivity index (χ1n) is 3.64. The van der Waals surface area contributed by atoms with E-state index in [0.717, 1.165) is 0 Å². The van der Waals surface area contributed by atoms with Crippen molar-refractivity contribution in [3.05, 3.63) is 22.5 Å². The molecule has 0 radical (unpaired) electrons. The highest BCUT2D eigenvalue weighted by Gasteiger charge is 2.14. The molecule has 1 aromatic heterocycles. The van der Waals surface area contributed by atoms with Crippen LogP contribution in [0.4, 0.5) is 0 Å². The van der Waals surface area contributed by atoms with Crippen LogP contribution in [0.25, 0.3) is 0 Å². The summed E-state index contributed by atoms with van der Waals surface area (Å²) >= 11 is 5.86. The van der Waals surface area contributed by atoms with Gasteiger partial charge in [0.15, 0.2) is 0 Å². The number of carbonyl (C=O) groups is 1. The number of carboxylic acid groups (broad SMARTS) is 1. The summed E-state index contributed by atoms with van der Waals surface area (Å²) in [5.41, 5.74) is 0.848. The second-order valence-corrected chi connectivity index (χ2v) is 3.00. The SMILES string of the molecule is COCc1cc(C(=O)O)n(C)c1Cl. The zero-order valence-corrected chi connectivity index (χ0v) is 8.13. The molecule has 5 heteroatoms. The number of ether oxygens (including phenoxy) is 1. The molecular weight excluding hydrogens is 194 g/mol. The molecule has 1 rings (SSSR count). The van der Waals surface area contributed by atoms with Crippen LogP contribution in [0.2, 0.25) is 5.15 Å². The van der Waals surface area contributed by atoms with Crippen LogP contribution in [0, 0.1) is 0 Å². The monoisotopic (exact) mass is 203 g/mol. The van der Waals surface area contributed by atoms with E-state index in [0.29, 0.717) is 17.3 Å². The normalized spacial score (nSPS) is 10.4. The van der Waals surface area contributed by atoms with Crippen LogP contribution < -0.4 is 0 Å². The Labute approximate surface area is 80.7 Å². The minimum absolute atomic E-state index is 0.164. The van der Waals surface area contributed by atoms with Crippen LogP contribution in [0.3, 0.4) is 0 Å². The van der Waals surface area contributed by atoms with Gasteiger partial charge in [-0.05, 0) is 6.07 Å². The molecule has 0 bridgehead atoms. The summed E-state index contributed by atoms with van der Waals surface area (Å²) in [5.74, 6) is -0.994. The molecule has 0 spiro atoms. The average molecular weight is 204 g/mol. The molecule has 0 fully saturated rings. The van der Waals surface area contributed by atoms with Crippen molar-refractivity contribution < 1.29 is 14.6 Å². The van der Waals surface area contributed by atoms with E-state index >= 15 is 0 Å².